The molecule has 0 saturated carbocycles. The molecule has 1 aromatic heterocycles. The molecule has 2 rings (SSSR count). The SMILES string of the molecule is Cc1onc(-c2ccc(F)cc2)c1C(C)C. The minimum atomic E-state index is -0.241. The lowest BCUT2D eigenvalue weighted by Gasteiger charge is -2.05. The van der Waals surface area contributed by atoms with E-state index in [4.69, 9.17) is 4.52 Å². The van der Waals surface area contributed by atoms with Crippen LogP contribution in [-0.2, 0) is 0 Å². The van der Waals surface area contributed by atoms with Crippen LogP contribution < -0.4 is 0 Å². The molecule has 1 heterocycles. The third-order valence-electron chi connectivity index (χ3n) is 2.60. The van der Waals surface area contributed by atoms with Gasteiger partial charge in [-0.15, -0.1) is 0 Å². The first-order valence-electron chi connectivity index (χ1n) is 5.31. The van der Waals surface area contributed by atoms with Crippen LogP contribution in [0.2, 0.25) is 0 Å². The summed E-state index contributed by atoms with van der Waals surface area (Å²) in [4.78, 5) is 0. The van der Waals surface area contributed by atoms with Crippen molar-refractivity contribution in [2.45, 2.75) is 26.7 Å². The molecule has 0 N–H and O–H groups in total. The molecule has 2 nitrogen and oxygen atoms in total. The maximum atomic E-state index is 12.8. The van der Waals surface area contributed by atoms with Crippen LogP contribution in [0.1, 0.15) is 31.1 Å². The van der Waals surface area contributed by atoms with Gasteiger partial charge in [0, 0.05) is 11.1 Å². The van der Waals surface area contributed by atoms with E-state index in [9.17, 15) is 4.39 Å². The van der Waals surface area contributed by atoms with Gasteiger partial charge in [-0.1, -0.05) is 19.0 Å². The fourth-order valence-electron chi connectivity index (χ4n) is 1.88. The summed E-state index contributed by atoms with van der Waals surface area (Å²) in [6.07, 6.45) is 0. The molecule has 0 atom stereocenters. The van der Waals surface area contributed by atoms with Crippen molar-refractivity contribution in [3.63, 3.8) is 0 Å². The Labute approximate surface area is 94.1 Å². The Bertz CT molecular complexity index is 485. The molecule has 0 radical (unpaired) electrons. The van der Waals surface area contributed by atoms with E-state index in [1.807, 2.05) is 6.92 Å². The zero-order valence-corrected chi connectivity index (χ0v) is 9.62. The molecule has 84 valence electrons. The summed E-state index contributed by atoms with van der Waals surface area (Å²) in [7, 11) is 0. The van der Waals surface area contributed by atoms with Gasteiger partial charge in [-0.05, 0) is 37.1 Å². The van der Waals surface area contributed by atoms with Gasteiger partial charge < -0.3 is 4.52 Å². The van der Waals surface area contributed by atoms with Crippen molar-refractivity contribution in [1.29, 1.82) is 0 Å². The molecule has 0 aliphatic heterocycles. The summed E-state index contributed by atoms with van der Waals surface area (Å²) in [5, 5.41) is 4.04. The average molecular weight is 219 g/mol. The van der Waals surface area contributed by atoms with Crippen LogP contribution in [0.15, 0.2) is 28.8 Å². The first kappa shape index (κ1) is 10.9. The van der Waals surface area contributed by atoms with E-state index >= 15 is 0 Å². The maximum absolute atomic E-state index is 12.8. The Hall–Kier alpha value is -1.64. The lowest BCUT2D eigenvalue weighted by atomic mass is 9.97. The Morgan fingerprint density at radius 2 is 1.81 bits per heavy atom. The first-order valence-corrected chi connectivity index (χ1v) is 5.31. The number of nitrogens with zero attached hydrogens (tertiary/aromatic N) is 1. The van der Waals surface area contributed by atoms with Gasteiger partial charge in [0.05, 0.1) is 0 Å². The zero-order chi connectivity index (χ0) is 11.7. The van der Waals surface area contributed by atoms with Crippen LogP contribution in [0.3, 0.4) is 0 Å². The summed E-state index contributed by atoms with van der Waals surface area (Å²) in [6.45, 7) is 6.08. The van der Waals surface area contributed by atoms with Gasteiger partial charge >= 0.3 is 0 Å². The summed E-state index contributed by atoms with van der Waals surface area (Å²) in [6, 6.07) is 6.31. The molecule has 0 fully saturated rings. The number of rotatable bonds is 2. The Balaban J connectivity index is 2.52. The van der Waals surface area contributed by atoms with Crippen LogP contribution in [0, 0.1) is 12.7 Å². The standard InChI is InChI=1S/C13H14FNO/c1-8(2)12-9(3)16-15-13(12)10-4-6-11(14)7-5-10/h4-8H,1-3H3. The van der Waals surface area contributed by atoms with Gasteiger partial charge in [0.2, 0.25) is 0 Å². The van der Waals surface area contributed by atoms with Crippen LogP contribution >= 0.6 is 0 Å². The number of hydrogen-bond donors (Lipinski definition) is 0. The van der Waals surface area contributed by atoms with E-state index in [-0.39, 0.29) is 5.82 Å². The van der Waals surface area contributed by atoms with Gasteiger partial charge in [0.1, 0.15) is 17.3 Å². The fraction of sp³-hybridized carbons (Fsp3) is 0.308. The maximum Gasteiger partial charge on any atom is 0.137 e. The van der Waals surface area contributed by atoms with E-state index < -0.39 is 0 Å². The van der Waals surface area contributed by atoms with Crippen LogP contribution in [0.5, 0.6) is 0 Å². The molecule has 0 saturated heterocycles. The second-order valence-electron chi connectivity index (χ2n) is 4.16. The van der Waals surface area contributed by atoms with Gasteiger partial charge in [0.15, 0.2) is 0 Å². The fourth-order valence-corrected chi connectivity index (χ4v) is 1.88. The number of halogens is 1. The predicted molar refractivity (Wildman–Crippen MR) is 60.7 cm³/mol. The summed E-state index contributed by atoms with van der Waals surface area (Å²) < 4.78 is 18.0. The summed E-state index contributed by atoms with van der Waals surface area (Å²) in [5.41, 5.74) is 2.79. The Kier molecular flexibility index (Phi) is 2.77. The Morgan fingerprint density at radius 1 is 1.19 bits per heavy atom. The van der Waals surface area contributed by atoms with Crippen LogP contribution in [-0.4, -0.2) is 5.16 Å². The topological polar surface area (TPSA) is 26.0 Å². The average Bonchev–Trinajstić information content (AvgIpc) is 2.61. The molecular weight excluding hydrogens is 205 g/mol. The highest BCUT2D eigenvalue weighted by atomic mass is 19.1. The molecule has 1 aromatic carbocycles. The van der Waals surface area contributed by atoms with Crippen LogP contribution in [0.4, 0.5) is 4.39 Å². The summed E-state index contributed by atoms with van der Waals surface area (Å²) in [5.74, 6) is 0.927. The van der Waals surface area contributed by atoms with Gasteiger partial charge in [-0.2, -0.15) is 0 Å². The van der Waals surface area contributed by atoms with Crippen LogP contribution in [0.25, 0.3) is 11.3 Å². The number of hydrogen-bond acceptors (Lipinski definition) is 2. The van der Waals surface area contributed by atoms with E-state index in [2.05, 4.69) is 19.0 Å². The number of aryl methyl sites for hydroxylation is 1. The van der Waals surface area contributed by atoms with E-state index in [1.54, 1.807) is 12.1 Å². The molecule has 16 heavy (non-hydrogen) atoms. The third-order valence-corrected chi connectivity index (χ3v) is 2.60. The van der Waals surface area contributed by atoms with E-state index in [1.165, 1.54) is 12.1 Å². The second-order valence-corrected chi connectivity index (χ2v) is 4.16. The highest BCUT2D eigenvalue weighted by molar-refractivity contribution is 5.63. The minimum absolute atomic E-state index is 0.241. The first-order chi connectivity index (χ1) is 7.59. The number of benzene rings is 1. The molecule has 0 aliphatic rings. The third kappa shape index (κ3) is 1.85. The largest absolute Gasteiger partial charge is 0.361 e. The molecule has 0 bridgehead atoms. The molecule has 2 aromatic rings. The Morgan fingerprint density at radius 3 is 2.38 bits per heavy atom. The summed E-state index contributed by atoms with van der Waals surface area (Å²) >= 11 is 0. The molecular formula is C13H14FNO. The molecule has 0 spiro atoms. The predicted octanol–water partition coefficient (Wildman–Crippen LogP) is 3.91. The van der Waals surface area contributed by atoms with Crippen molar-refractivity contribution < 1.29 is 8.91 Å². The highest BCUT2D eigenvalue weighted by Gasteiger charge is 2.17. The van der Waals surface area contributed by atoms with Gasteiger partial charge in [0.25, 0.3) is 0 Å². The lowest BCUT2D eigenvalue weighted by molar-refractivity contribution is 0.397. The lowest BCUT2D eigenvalue weighted by Crippen LogP contribution is -1.91. The minimum Gasteiger partial charge on any atom is -0.361 e. The quantitative estimate of drug-likeness (QED) is 0.765. The highest BCUT2D eigenvalue weighted by Crippen LogP contribution is 2.30. The van der Waals surface area contributed by atoms with Crippen molar-refractivity contribution in [2.75, 3.05) is 0 Å². The van der Waals surface area contributed by atoms with Crippen molar-refractivity contribution >= 4 is 0 Å². The molecule has 3 heteroatoms. The van der Waals surface area contributed by atoms with Gasteiger partial charge in [-0.25, -0.2) is 4.39 Å². The zero-order valence-electron chi connectivity index (χ0n) is 9.62. The van der Waals surface area contributed by atoms with E-state index in [0.29, 0.717) is 5.92 Å². The monoisotopic (exact) mass is 219 g/mol. The number of aromatic nitrogens is 1. The molecule has 0 amide bonds. The normalized spacial score (nSPS) is 11.1. The van der Waals surface area contributed by atoms with E-state index in [0.717, 1.165) is 22.6 Å². The molecule has 0 aliphatic carbocycles. The van der Waals surface area contributed by atoms with Crippen molar-refractivity contribution in [3.05, 3.63) is 41.4 Å². The van der Waals surface area contributed by atoms with Gasteiger partial charge in [-0.3, -0.25) is 0 Å². The van der Waals surface area contributed by atoms with Crippen molar-refractivity contribution in [2.24, 2.45) is 0 Å². The second kappa shape index (κ2) is 4.08. The molecule has 0 unspecified atom stereocenters. The van der Waals surface area contributed by atoms with Crippen molar-refractivity contribution in [1.82, 2.24) is 5.16 Å². The van der Waals surface area contributed by atoms with Crippen molar-refractivity contribution in [3.8, 4) is 11.3 Å². The smallest absolute Gasteiger partial charge is 0.137 e.